The fourth-order valence-corrected chi connectivity index (χ4v) is 2.58. The molecule has 1 aromatic carbocycles. The van der Waals surface area contributed by atoms with E-state index < -0.39 is 5.63 Å². The largest absolute Gasteiger partial charge is 0.488 e. The van der Waals surface area contributed by atoms with Crippen LogP contribution in [0.25, 0.3) is 22.2 Å². The topological polar surface area (TPSA) is 65.5 Å². The molecule has 5 nitrogen and oxygen atoms in total. The molecular formula is C14H8ClNO4. The number of benzene rings is 1. The van der Waals surface area contributed by atoms with Gasteiger partial charge >= 0.3 is 5.63 Å². The van der Waals surface area contributed by atoms with Crippen LogP contribution in [-0.4, -0.2) is 5.16 Å². The number of aromatic nitrogens is 1. The van der Waals surface area contributed by atoms with Gasteiger partial charge in [-0.25, -0.2) is 4.79 Å². The summed E-state index contributed by atoms with van der Waals surface area (Å²) in [5, 5.41) is 4.83. The Balaban J connectivity index is 2.21. The summed E-state index contributed by atoms with van der Waals surface area (Å²) < 4.78 is 16.0. The van der Waals surface area contributed by atoms with Crippen molar-refractivity contribution in [1.82, 2.24) is 5.16 Å². The molecule has 4 rings (SSSR count). The fourth-order valence-electron chi connectivity index (χ4n) is 2.44. The Morgan fingerprint density at radius 3 is 3.05 bits per heavy atom. The van der Waals surface area contributed by atoms with E-state index >= 15 is 0 Å². The van der Waals surface area contributed by atoms with E-state index in [1.54, 1.807) is 6.92 Å². The van der Waals surface area contributed by atoms with Gasteiger partial charge in [-0.15, -0.1) is 0 Å². The molecule has 0 spiro atoms. The van der Waals surface area contributed by atoms with Gasteiger partial charge in [-0.1, -0.05) is 16.8 Å². The van der Waals surface area contributed by atoms with Crippen molar-refractivity contribution >= 4 is 22.6 Å². The van der Waals surface area contributed by atoms with Crippen molar-refractivity contribution in [2.75, 3.05) is 0 Å². The minimum atomic E-state index is -0.569. The Bertz CT molecular complexity index is 909. The minimum Gasteiger partial charge on any atom is -0.488 e. The van der Waals surface area contributed by atoms with Crippen LogP contribution in [0.15, 0.2) is 32.1 Å². The van der Waals surface area contributed by atoms with Gasteiger partial charge in [0, 0.05) is 5.39 Å². The second-order valence-electron chi connectivity index (χ2n) is 4.62. The van der Waals surface area contributed by atoms with Crippen LogP contribution in [0.4, 0.5) is 0 Å². The molecule has 0 N–H and O–H groups in total. The van der Waals surface area contributed by atoms with Crippen molar-refractivity contribution in [2.45, 2.75) is 13.5 Å². The second-order valence-corrected chi connectivity index (χ2v) is 5.00. The summed E-state index contributed by atoms with van der Waals surface area (Å²) in [6.45, 7) is 2.16. The summed E-state index contributed by atoms with van der Waals surface area (Å²) >= 11 is 5.95. The van der Waals surface area contributed by atoms with Gasteiger partial charge in [0.1, 0.15) is 29.3 Å². The standard InChI is InChI=1S/C14H8ClNO4/c1-6-8-2-3-9-10(13(8)20-14(17)11(6)15)12-7(4-18-9)5-19-16-12/h2-3,5H,4H2,1H3. The molecule has 0 unspecified atom stereocenters. The van der Waals surface area contributed by atoms with Gasteiger partial charge in [-0.05, 0) is 24.6 Å². The highest BCUT2D eigenvalue weighted by molar-refractivity contribution is 6.32. The van der Waals surface area contributed by atoms with Gasteiger partial charge in [-0.2, -0.15) is 0 Å². The lowest BCUT2D eigenvalue weighted by Gasteiger charge is -2.17. The van der Waals surface area contributed by atoms with E-state index in [9.17, 15) is 4.79 Å². The maximum Gasteiger partial charge on any atom is 0.355 e. The molecule has 0 saturated heterocycles. The molecule has 3 heterocycles. The van der Waals surface area contributed by atoms with Crippen molar-refractivity contribution in [2.24, 2.45) is 0 Å². The zero-order valence-corrected chi connectivity index (χ0v) is 11.2. The Labute approximate surface area is 117 Å². The molecule has 2 aromatic heterocycles. The van der Waals surface area contributed by atoms with Gasteiger partial charge in [0.2, 0.25) is 0 Å². The average molecular weight is 290 g/mol. The van der Waals surface area contributed by atoms with E-state index in [1.807, 2.05) is 12.1 Å². The van der Waals surface area contributed by atoms with Crippen LogP contribution >= 0.6 is 11.6 Å². The minimum absolute atomic E-state index is 0.0922. The van der Waals surface area contributed by atoms with Crippen molar-refractivity contribution < 1.29 is 13.7 Å². The number of aryl methyl sites for hydroxylation is 1. The van der Waals surface area contributed by atoms with Crippen molar-refractivity contribution in [3.05, 3.63) is 45.0 Å². The average Bonchev–Trinajstić information content (AvgIpc) is 2.92. The number of nitrogens with zero attached hydrogens (tertiary/aromatic N) is 1. The maximum atomic E-state index is 11.8. The molecule has 0 fully saturated rings. The third kappa shape index (κ3) is 1.38. The van der Waals surface area contributed by atoms with E-state index in [-0.39, 0.29) is 5.02 Å². The molecule has 0 saturated carbocycles. The summed E-state index contributed by atoms with van der Waals surface area (Å²) in [6.07, 6.45) is 1.53. The Morgan fingerprint density at radius 1 is 1.35 bits per heavy atom. The predicted molar refractivity (Wildman–Crippen MR) is 72.1 cm³/mol. The lowest BCUT2D eigenvalue weighted by molar-refractivity contribution is 0.301. The number of hydrogen-bond donors (Lipinski definition) is 0. The summed E-state index contributed by atoms with van der Waals surface area (Å²) in [5.74, 6) is 0.615. The first-order valence-electron chi connectivity index (χ1n) is 5.99. The van der Waals surface area contributed by atoms with Crippen LogP contribution in [0.1, 0.15) is 11.1 Å². The van der Waals surface area contributed by atoms with Crippen molar-refractivity contribution in [1.29, 1.82) is 0 Å². The van der Waals surface area contributed by atoms with Crippen molar-refractivity contribution in [3.63, 3.8) is 0 Å². The molecule has 3 aromatic rings. The van der Waals surface area contributed by atoms with Crippen LogP contribution in [0.5, 0.6) is 5.75 Å². The Kier molecular flexibility index (Phi) is 2.23. The molecule has 0 bridgehead atoms. The highest BCUT2D eigenvalue weighted by Crippen LogP contribution is 2.42. The van der Waals surface area contributed by atoms with E-state index in [0.717, 1.165) is 10.9 Å². The monoisotopic (exact) mass is 289 g/mol. The van der Waals surface area contributed by atoms with Gasteiger partial charge < -0.3 is 13.7 Å². The first-order chi connectivity index (χ1) is 9.66. The van der Waals surface area contributed by atoms with Crippen LogP contribution in [0.3, 0.4) is 0 Å². The third-order valence-electron chi connectivity index (χ3n) is 3.49. The maximum absolute atomic E-state index is 11.8. The summed E-state index contributed by atoms with van der Waals surface area (Å²) in [6, 6.07) is 3.64. The lowest BCUT2D eigenvalue weighted by atomic mass is 10.00. The second kappa shape index (κ2) is 3.86. The quantitative estimate of drug-likeness (QED) is 0.594. The summed E-state index contributed by atoms with van der Waals surface area (Å²) in [4.78, 5) is 11.8. The number of ether oxygens (including phenoxy) is 1. The summed E-state index contributed by atoms with van der Waals surface area (Å²) in [7, 11) is 0. The highest BCUT2D eigenvalue weighted by atomic mass is 35.5. The first kappa shape index (κ1) is 11.5. The molecule has 1 aliphatic rings. The molecule has 1 aliphatic heterocycles. The van der Waals surface area contributed by atoms with E-state index in [1.165, 1.54) is 6.26 Å². The van der Waals surface area contributed by atoms with Gasteiger partial charge in [0.25, 0.3) is 0 Å². The number of halogens is 1. The number of hydrogen-bond acceptors (Lipinski definition) is 5. The Hall–Kier alpha value is -2.27. The zero-order chi connectivity index (χ0) is 13.9. The van der Waals surface area contributed by atoms with Crippen molar-refractivity contribution in [3.8, 4) is 17.0 Å². The van der Waals surface area contributed by atoms with E-state index in [0.29, 0.717) is 34.8 Å². The molecule has 20 heavy (non-hydrogen) atoms. The lowest BCUT2D eigenvalue weighted by Crippen LogP contribution is -2.07. The van der Waals surface area contributed by atoms with Gasteiger partial charge in [0.05, 0.1) is 11.1 Å². The molecule has 0 amide bonds. The Morgan fingerprint density at radius 2 is 2.20 bits per heavy atom. The van der Waals surface area contributed by atoms with Crippen LogP contribution in [0, 0.1) is 6.92 Å². The van der Waals surface area contributed by atoms with Gasteiger partial charge in [-0.3, -0.25) is 0 Å². The third-order valence-corrected chi connectivity index (χ3v) is 3.93. The molecule has 100 valence electrons. The molecular weight excluding hydrogens is 282 g/mol. The van der Waals surface area contributed by atoms with Crippen LogP contribution in [0.2, 0.25) is 5.02 Å². The predicted octanol–water partition coefficient (Wildman–Crippen LogP) is 3.30. The van der Waals surface area contributed by atoms with E-state index in [4.69, 9.17) is 25.3 Å². The number of rotatable bonds is 0. The molecule has 0 radical (unpaired) electrons. The highest BCUT2D eigenvalue weighted by Gasteiger charge is 2.26. The molecule has 0 atom stereocenters. The smallest absolute Gasteiger partial charge is 0.355 e. The molecule has 6 heteroatoms. The van der Waals surface area contributed by atoms with Crippen LogP contribution < -0.4 is 10.4 Å². The van der Waals surface area contributed by atoms with Crippen LogP contribution in [-0.2, 0) is 6.61 Å². The SMILES string of the molecule is Cc1c(Cl)c(=O)oc2c3c(ccc12)OCc1conc1-3. The zero-order valence-electron chi connectivity index (χ0n) is 10.4. The normalized spacial score (nSPS) is 12.9. The number of fused-ring (bicyclic) bond motifs is 5. The summed E-state index contributed by atoms with van der Waals surface area (Å²) in [5.41, 5.74) is 2.62. The first-order valence-corrected chi connectivity index (χ1v) is 6.37. The van der Waals surface area contributed by atoms with E-state index in [2.05, 4.69) is 5.16 Å². The molecule has 0 aliphatic carbocycles. The fraction of sp³-hybridized carbons (Fsp3) is 0.143. The van der Waals surface area contributed by atoms with Gasteiger partial charge in [0.15, 0.2) is 5.58 Å².